The minimum Gasteiger partial charge on any atom is -0.487 e. The number of ether oxygens (including phenoxy) is 1. The van der Waals surface area contributed by atoms with Crippen LogP contribution < -0.4 is 4.74 Å². The third kappa shape index (κ3) is 4.34. The molecule has 31 heavy (non-hydrogen) atoms. The number of rotatable bonds is 6. The zero-order valence-corrected chi connectivity index (χ0v) is 16.2. The van der Waals surface area contributed by atoms with Crippen LogP contribution in [0.3, 0.4) is 0 Å². The van der Waals surface area contributed by atoms with Crippen LogP contribution in [0.1, 0.15) is 17.0 Å². The Bertz CT molecular complexity index is 1250. The van der Waals surface area contributed by atoms with Gasteiger partial charge >= 0.3 is 12.1 Å². The summed E-state index contributed by atoms with van der Waals surface area (Å²) in [5, 5.41) is 22.3. The molecule has 0 aliphatic heterocycles. The number of aliphatic carboxylic acids is 1. The van der Waals surface area contributed by atoms with Crippen molar-refractivity contribution < 1.29 is 27.8 Å². The Hall–Kier alpha value is -3.89. The summed E-state index contributed by atoms with van der Waals surface area (Å²) >= 11 is 0. The van der Waals surface area contributed by atoms with Crippen molar-refractivity contribution in [2.45, 2.75) is 26.3 Å². The van der Waals surface area contributed by atoms with Gasteiger partial charge in [-0.2, -0.15) is 28.2 Å². The van der Waals surface area contributed by atoms with Gasteiger partial charge in [0.05, 0.1) is 28.7 Å². The monoisotopic (exact) mass is 431 g/mol. The first-order valence-corrected chi connectivity index (χ1v) is 9.11. The third-order valence-electron chi connectivity index (χ3n) is 4.58. The minimum absolute atomic E-state index is 0.0744. The highest BCUT2D eigenvalue weighted by Crippen LogP contribution is 2.29. The number of carboxylic acid groups (broad SMARTS) is 1. The van der Waals surface area contributed by atoms with Gasteiger partial charge in [-0.05, 0) is 43.3 Å². The smallest absolute Gasteiger partial charge is 0.416 e. The SMILES string of the molecule is Cc1nn(-c2ccc(C(F)(F)F)cc2)nc1COc1ccc2cnn(CC(=O)O)c2c1. The average molecular weight is 431 g/mol. The van der Waals surface area contributed by atoms with Crippen LogP contribution in [0.5, 0.6) is 5.75 Å². The molecule has 0 saturated heterocycles. The number of nitrogens with zero attached hydrogens (tertiary/aromatic N) is 5. The molecule has 8 nitrogen and oxygen atoms in total. The predicted octanol–water partition coefficient (Wildman–Crippen LogP) is 3.61. The molecule has 1 N–H and O–H groups in total. The van der Waals surface area contributed by atoms with E-state index in [1.807, 2.05) is 0 Å². The van der Waals surface area contributed by atoms with Gasteiger partial charge in [-0.1, -0.05) is 0 Å². The van der Waals surface area contributed by atoms with E-state index in [1.54, 1.807) is 31.3 Å². The van der Waals surface area contributed by atoms with Crippen LogP contribution in [-0.4, -0.2) is 35.9 Å². The van der Waals surface area contributed by atoms with Crippen molar-refractivity contribution in [3.63, 3.8) is 0 Å². The molecule has 2 aromatic heterocycles. The number of benzene rings is 2. The molecule has 11 heteroatoms. The number of aryl methyl sites for hydroxylation is 1. The van der Waals surface area contributed by atoms with Gasteiger partial charge in [-0.3, -0.25) is 9.48 Å². The van der Waals surface area contributed by atoms with Crippen LogP contribution in [0.25, 0.3) is 16.6 Å². The normalized spacial score (nSPS) is 11.7. The van der Waals surface area contributed by atoms with Gasteiger partial charge in [0.2, 0.25) is 0 Å². The third-order valence-corrected chi connectivity index (χ3v) is 4.58. The van der Waals surface area contributed by atoms with E-state index in [9.17, 15) is 18.0 Å². The molecule has 0 amide bonds. The Morgan fingerprint density at radius 2 is 1.87 bits per heavy atom. The van der Waals surface area contributed by atoms with Gasteiger partial charge in [-0.25, -0.2) is 0 Å². The van der Waals surface area contributed by atoms with Gasteiger partial charge in [0.15, 0.2) is 0 Å². The molecule has 0 unspecified atom stereocenters. The molecular weight excluding hydrogens is 415 g/mol. The predicted molar refractivity (Wildman–Crippen MR) is 103 cm³/mol. The van der Waals surface area contributed by atoms with Crippen molar-refractivity contribution in [2.75, 3.05) is 0 Å². The zero-order chi connectivity index (χ0) is 22.2. The molecule has 0 spiro atoms. The van der Waals surface area contributed by atoms with Gasteiger partial charge in [0.25, 0.3) is 0 Å². The van der Waals surface area contributed by atoms with Crippen LogP contribution in [0.4, 0.5) is 13.2 Å². The van der Waals surface area contributed by atoms with E-state index in [-0.39, 0.29) is 13.2 Å². The Morgan fingerprint density at radius 3 is 2.55 bits per heavy atom. The lowest BCUT2D eigenvalue weighted by Gasteiger charge is -2.07. The maximum absolute atomic E-state index is 12.7. The molecule has 0 saturated carbocycles. The first kappa shape index (κ1) is 20.4. The van der Waals surface area contributed by atoms with Crippen LogP contribution in [-0.2, 0) is 24.1 Å². The molecule has 0 atom stereocenters. The summed E-state index contributed by atoms with van der Waals surface area (Å²) in [6.07, 6.45) is -2.84. The molecule has 0 aliphatic rings. The summed E-state index contributed by atoms with van der Waals surface area (Å²) in [4.78, 5) is 12.2. The molecule has 0 aliphatic carbocycles. The maximum atomic E-state index is 12.7. The summed E-state index contributed by atoms with van der Waals surface area (Å²) in [6, 6.07) is 9.71. The van der Waals surface area contributed by atoms with E-state index < -0.39 is 17.7 Å². The second-order valence-corrected chi connectivity index (χ2v) is 6.77. The Morgan fingerprint density at radius 1 is 1.13 bits per heavy atom. The lowest BCUT2D eigenvalue weighted by molar-refractivity contribution is -0.138. The first-order chi connectivity index (χ1) is 14.7. The largest absolute Gasteiger partial charge is 0.487 e. The average Bonchev–Trinajstić information content (AvgIpc) is 3.28. The van der Waals surface area contributed by atoms with E-state index in [4.69, 9.17) is 9.84 Å². The summed E-state index contributed by atoms with van der Waals surface area (Å²) in [7, 11) is 0. The molecule has 4 aromatic rings. The first-order valence-electron chi connectivity index (χ1n) is 9.11. The molecule has 0 fully saturated rings. The summed E-state index contributed by atoms with van der Waals surface area (Å²) in [5.74, 6) is -0.519. The van der Waals surface area contributed by atoms with Crippen LogP contribution in [0.15, 0.2) is 48.7 Å². The molecule has 2 aromatic carbocycles. The van der Waals surface area contributed by atoms with E-state index in [0.29, 0.717) is 28.3 Å². The van der Waals surface area contributed by atoms with Gasteiger partial charge < -0.3 is 9.84 Å². The van der Waals surface area contributed by atoms with Crippen molar-refractivity contribution in [1.82, 2.24) is 24.8 Å². The number of carboxylic acids is 1. The number of hydrogen-bond acceptors (Lipinski definition) is 5. The van der Waals surface area contributed by atoms with Crippen molar-refractivity contribution in [3.8, 4) is 11.4 Å². The molecule has 4 rings (SSSR count). The molecule has 0 bridgehead atoms. The van der Waals surface area contributed by atoms with Crippen LogP contribution >= 0.6 is 0 Å². The Labute approximate surface area is 173 Å². The number of aromatic nitrogens is 5. The highest BCUT2D eigenvalue weighted by atomic mass is 19.4. The summed E-state index contributed by atoms with van der Waals surface area (Å²) in [6.45, 7) is 1.52. The fourth-order valence-electron chi connectivity index (χ4n) is 2.99. The quantitative estimate of drug-likeness (QED) is 0.501. The fraction of sp³-hybridized carbons (Fsp3) is 0.200. The topological polar surface area (TPSA) is 95.1 Å². The second kappa shape index (κ2) is 7.74. The van der Waals surface area contributed by atoms with Crippen LogP contribution in [0.2, 0.25) is 0 Å². The highest BCUT2D eigenvalue weighted by molar-refractivity contribution is 5.81. The standard InChI is InChI=1S/C20H16F3N5O3/c1-12-17(26-28(25-12)15-5-3-14(4-6-15)20(21,22)23)11-31-16-7-2-13-9-24-27(10-19(29)30)18(13)8-16/h2-9H,10-11H2,1H3,(H,29,30). The van der Waals surface area contributed by atoms with Crippen molar-refractivity contribution in [1.29, 1.82) is 0 Å². The lowest BCUT2D eigenvalue weighted by atomic mass is 10.2. The molecule has 0 radical (unpaired) electrons. The Kier molecular flexibility index (Phi) is 5.09. The fourth-order valence-corrected chi connectivity index (χ4v) is 2.99. The number of fused-ring (bicyclic) bond motifs is 1. The van der Waals surface area contributed by atoms with Crippen molar-refractivity contribution >= 4 is 16.9 Å². The Balaban J connectivity index is 1.51. The van der Waals surface area contributed by atoms with E-state index in [1.165, 1.54) is 21.6 Å². The minimum atomic E-state index is -4.41. The van der Waals surface area contributed by atoms with E-state index >= 15 is 0 Å². The van der Waals surface area contributed by atoms with Gasteiger partial charge in [0.1, 0.15) is 24.6 Å². The van der Waals surface area contributed by atoms with Gasteiger partial charge in [-0.15, -0.1) is 5.10 Å². The number of alkyl halides is 3. The summed E-state index contributed by atoms with van der Waals surface area (Å²) < 4.78 is 45.3. The maximum Gasteiger partial charge on any atom is 0.416 e. The second-order valence-electron chi connectivity index (χ2n) is 6.77. The van der Waals surface area contributed by atoms with Crippen molar-refractivity contribution in [2.24, 2.45) is 0 Å². The molecule has 2 heterocycles. The highest BCUT2D eigenvalue weighted by Gasteiger charge is 2.30. The number of carbonyl (C=O) groups is 1. The van der Waals surface area contributed by atoms with Crippen molar-refractivity contribution in [3.05, 3.63) is 65.6 Å². The van der Waals surface area contributed by atoms with Crippen LogP contribution in [0, 0.1) is 6.92 Å². The number of halogens is 3. The summed E-state index contributed by atoms with van der Waals surface area (Å²) in [5.41, 5.74) is 1.34. The lowest BCUT2D eigenvalue weighted by Crippen LogP contribution is -2.09. The zero-order valence-electron chi connectivity index (χ0n) is 16.2. The molecular formula is C20H16F3N5O3. The van der Waals surface area contributed by atoms with E-state index in [0.717, 1.165) is 17.5 Å². The molecule has 160 valence electrons. The number of hydrogen-bond donors (Lipinski definition) is 1. The van der Waals surface area contributed by atoms with Gasteiger partial charge in [0, 0.05) is 11.5 Å². The van der Waals surface area contributed by atoms with E-state index in [2.05, 4.69) is 15.3 Å².